The molecule has 7 heteroatoms. The molecule has 0 saturated carbocycles. The van der Waals surface area contributed by atoms with Gasteiger partial charge in [0.25, 0.3) is 0 Å². The lowest BCUT2D eigenvalue weighted by Crippen LogP contribution is -2.48. The van der Waals surface area contributed by atoms with Gasteiger partial charge in [0, 0.05) is 22.9 Å². The second-order valence-corrected chi connectivity index (χ2v) is 7.82. The summed E-state index contributed by atoms with van der Waals surface area (Å²) in [6, 6.07) is 6.01. The Labute approximate surface area is 149 Å². The van der Waals surface area contributed by atoms with Crippen LogP contribution in [0.25, 0.3) is 10.9 Å². The van der Waals surface area contributed by atoms with E-state index in [0.717, 1.165) is 34.3 Å². The van der Waals surface area contributed by atoms with Crippen LogP contribution in [-0.2, 0) is 9.63 Å². The van der Waals surface area contributed by atoms with Crippen LogP contribution in [0.15, 0.2) is 29.0 Å². The third kappa shape index (κ3) is 3.67. The summed E-state index contributed by atoms with van der Waals surface area (Å²) in [5.41, 5.74) is 0.420. The van der Waals surface area contributed by atoms with E-state index in [2.05, 4.69) is 30.8 Å². The third-order valence-corrected chi connectivity index (χ3v) is 4.43. The predicted molar refractivity (Wildman–Crippen MR) is 96.6 cm³/mol. The minimum atomic E-state index is -0.493. The van der Waals surface area contributed by atoms with Gasteiger partial charge in [-0.2, -0.15) is 0 Å². The van der Waals surface area contributed by atoms with E-state index in [1.807, 2.05) is 39.0 Å². The van der Waals surface area contributed by atoms with Crippen LogP contribution >= 0.6 is 15.9 Å². The van der Waals surface area contributed by atoms with Crippen molar-refractivity contribution in [3.8, 4) is 0 Å². The topological polar surface area (TPSA) is 58.6 Å². The maximum Gasteiger partial charge on any atom is 0.330 e. The quantitative estimate of drug-likeness (QED) is 0.782. The summed E-state index contributed by atoms with van der Waals surface area (Å²) in [5, 5.41) is 2.77. The first-order chi connectivity index (χ1) is 11.3. The minimum Gasteiger partial charge on any atom is -0.367 e. The van der Waals surface area contributed by atoms with Gasteiger partial charge in [-0.15, -0.1) is 5.06 Å². The number of benzene rings is 1. The van der Waals surface area contributed by atoms with Gasteiger partial charge in [0.05, 0.1) is 24.0 Å². The Morgan fingerprint density at radius 2 is 1.88 bits per heavy atom. The minimum absolute atomic E-state index is 0.201. The van der Waals surface area contributed by atoms with Crippen molar-refractivity contribution in [3.05, 3.63) is 29.0 Å². The summed E-state index contributed by atoms with van der Waals surface area (Å²) in [5.74, 6) is 0.725. The van der Waals surface area contributed by atoms with Crippen LogP contribution in [0.5, 0.6) is 0 Å². The van der Waals surface area contributed by atoms with E-state index in [0.29, 0.717) is 13.1 Å². The van der Waals surface area contributed by atoms with Crippen molar-refractivity contribution in [2.75, 3.05) is 31.1 Å². The average Bonchev–Trinajstić information content (AvgIpc) is 2.54. The molecule has 0 amide bonds. The molecular weight excluding hydrogens is 372 g/mol. The fourth-order valence-electron chi connectivity index (χ4n) is 2.51. The largest absolute Gasteiger partial charge is 0.367 e. The Morgan fingerprint density at radius 3 is 2.54 bits per heavy atom. The van der Waals surface area contributed by atoms with E-state index < -0.39 is 5.41 Å². The first-order valence-electron chi connectivity index (χ1n) is 7.97. The highest BCUT2D eigenvalue weighted by Crippen LogP contribution is 2.26. The first kappa shape index (κ1) is 17.1. The fraction of sp³-hybridized carbons (Fsp3) is 0.471. The standard InChI is InChI=1S/C17H21BrN4O2/c1-17(2,3)16(23)24-22-8-6-21(7-9-22)15-13-5-4-12(18)10-14(13)19-11-20-15/h4-5,10-11H,6-9H2,1-3H3. The van der Waals surface area contributed by atoms with Gasteiger partial charge in [0.2, 0.25) is 0 Å². The number of aromatic nitrogens is 2. The molecular formula is C17H21BrN4O2. The van der Waals surface area contributed by atoms with Crippen molar-refractivity contribution in [1.29, 1.82) is 0 Å². The van der Waals surface area contributed by atoms with Gasteiger partial charge in [-0.3, -0.25) is 0 Å². The van der Waals surface area contributed by atoms with E-state index in [1.54, 1.807) is 11.4 Å². The Balaban J connectivity index is 1.70. The van der Waals surface area contributed by atoms with Gasteiger partial charge in [-0.1, -0.05) is 15.9 Å². The van der Waals surface area contributed by atoms with E-state index in [-0.39, 0.29) is 5.97 Å². The van der Waals surface area contributed by atoms with Crippen LogP contribution in [0.2, 0.25) is 0 Å². The highest BCUT2D eigenvalue weighted by atomic mass is 79.9. The molecule has 1 aromatic heterocycles. The van der Waals surface area contributed by atoms with E-state index in [1.165, 1.54) is 0 Å². The van der Waals surface area contributed by atoms with Gasteiger partial charge in [-0.25, -0.2) is 14.8 Å². The predicted octanol–water partition coefficient (Wildman–Crippen LogP) is 3.02. The molecule has 1 fully saturated rings. The third-order valence-electron chi connectivity index (χ3n) is 3.94. The summed E-state index contributed by atoms with van der Waals surface area (Å²) in [7, 11) is 0. The zero-order chi connectivity index (χ0) is 17.3. The lowest BCUT2D eigenvalue weighted by molar-refractivity contribution is -0.201. The SMILES string of the molecule is CC(C)(C)C(=O)ON1CCN(c2ncnc3cc(Br)ccc23)CC1. The first-order valence-corrected chi connectivity index (χ1v) is 8.76. The molecule has 0 unspecified atom stereocenters. The molecule has 2 heterocycles. The number of carbonyl (C=O) groups is 1. The Hall–Kier alpha value is -1.73. The molecule has 6 nitrogen and oxygen atoms in total. The van der Waals surface area contributed by atoms with Gasteiger partial charge >= 0.3 is 5.97 Å². The number of hydrogen-bond acceptors (Lipinski definition) is 6. The van der Waals surface area contributed by atoms with Crippen LogP contribution in [0.1, 0.15) is 20.8 Å². The monoisotopic (exact) mass is 392 g/mol. The average molecular weight is 393 g/mol. The number of anilines is 1. The van der Waals surface area contributed by atoms with Crippen LogP contribution < -0.4 is 4.90 Å². The van der Waals surface area contributed by atoms with Crippen molar-refractivity contribution < 1.29 is 9.63 Å². The van der Waals surface area contributed by atoms with E-state index in [9.17, 15) is 4.79 Å². The number of carbonyl (C=O) groups excluding carboxylic acids is 1. The molecule has 0 bridgehead atoms. The molecule has 24 heavy (non-hydrogen) atoms. The molecule has 0 spiro atoms. The Kier molecular flexibility index (Phi) is 4.73. The number of fused-ring (bicyclic) bond motifs is 1. The zero-order valence-corrected chi connectivity index (χ0v) is 15.7. The van der Waals surface area contributed by atoms with E-state index >= 15 is 0 Å². The molecule has 2 aromatic rings. The highest BCUT2D eigenvalue weighted by molar-refractivity contribution is 9.10. The number of nitrogens with zero attached hydrogens (tertiary/aromatic N) is 4. The molecule has 0 N–H and O–H groups in total. The van der Waals surface area contributed by atoms with Gasteiger partial charge in [0.1, 0.15) is 12.1 Å². The van der Waals surface area contributed by atoms with Crippen LogP contribution in [-0.4, -0.2) is 47.2 Å². The zero-order valence-electron chi connectivity index (χ0n) is 14.1. The van der Waals surface area contributed by atoms with Crippen molar-refractivity contribution in [3.63, 3.8) is 0 Å². The van der Waals surface area contributed by atoms with Crippen LogP contribution in [0.3, 0.4) is 0 Å². The van der Waals surface area contributed by atoms with Crippen LogP contribution in [0, 0.1) is 5.41 Å². The molecule has 0 aliphatic carbocycles. The highest BCUT2D eigenvalue weighted by Gasteiger charge is 2.28. The summed E-state index contributed by atoms with van der Waals surface area (Å²) < 4.78 is 0.999. The summed E-state index contributed by atoms with van der Waals surface area (Å²) in [4.78, 5) is 28.5. The number of piperazine rings is 1. The maximum absolute atomic E-state index is 12.0. The molecule has 0 atom stereocenters. The fourth-order valence-corrected chi connectivity index (χ4v) is 2.86. The molecule has 1 saturated heterocycles. The number of halogens is 1. The van der Waals surface area contributed by atoms with Crippen molar-refractivity contribution >= 4 is 38.6 Å². The van der Waals surface area contributed by atoms with Gasteiger partial charge in [-0.05, 0) is 39.0 Å². The van der Waals surface area contributed by atoms with Crippen molar-refractivity contribution in [1.82, 2.24) is 15.0 Å². The summed E-state index contributed by atoms with van der Waals surface area (Å²) in [6.45, 7) is 8.39. The van der Waals surface area contributed by atoms with Crippen LogP contribution in [0.4, 0.5) is 5.82 Å². The van der Waals surface area contributed by atoms with Gasteiger partial charge in [0.15, 0.2) is 0 Å². The number of rotatable bonds is 2. The molecule has 1 aliphatic rings. The normalized spacial score (nSPS) is 16.4. The lowest BCUT2D eigenvalue weighted by Gasteiger charge is -2.35. The summed E-state index contributed by atoms with van der Waals surface area (Å²) >= 11 is 3.47. The van der Waals surface area contributed by atoms with Crippen molar-refractivity contribution in [2.45, 2.75) is 20.8 Å². The Bertz CT molecular complexity index is 752. The van der Waals surface area contributed by atoms with Crippen molar-refractivity contribution in [2.24, 2.45) is 5.41 Å². The van der Waals surface area contributed by atoms with Gasteiger partial charge < -0.3 is 9.74 Å². The second kappa shape index (κ2) is 6.64. The number of hydroxylamine groups is 2. The number of hydrogen-bond donors (Lipinski definition) is 0. The molecule has 128 valence electrons. The molecule has 0 radical (unpaired) electrons. The molecule has 1 aliphatic heterocycles. The second-order valence-electron chi connectivity index (χ2n) is 6.90. The maximum atomic E-state index is 12.0. The van der Waals surface area contributed by atoms with E-state index in [4.69, 9.17) is 4.84 Å². The Morgan fingerprint density at radius 1 is 1.17 bits per heavy atom. The molecule has 3 rings (SSSR count). The lowest BCUT2D eigenvalue weighted by atomic mass is 9.98. The smallest absolute Gasteiger partial charge is 0.330 e. The summed E-state index contributed by atoms with van der Waals surface area (Å²) in [6.07, 6.45) is 1.59. The molecule has 1 aromatic carbocycles.